The quantitative estimate of drug-likeness (QED) is 0.631. The van der Waals surface area contributed by atoms with Crippen LogP contribution in [0.3, 0.4) is 0 Å². The molecule has 6 heteroatoms. The van der Waals surface area contributed by atoms with Crippen LogP contribution in [-0.2, 0) is 4.74 Å². The van der Waals surface area contributed by atoms with Crippen molar-refractivity contribution < 1.29 is 13.5 Å². The molecule has 3 aromatic rings. The van der Waals surface area contributed by atoms with Gasteiger partial charge in [-0.2, -0.15) is 0 Å². The SMILES string of the molecule is Fc1cccc(F)c1C1NC(c2ccc(-c3ccc(Cl)cc3)s2)CO1. The molecular formula is C19H14ClF2NOS. The van der Waals surface area contributed by atoms with Crippen molar-refractivity contribution in [1.82, 2.24) is 5.32 Å². The van der Waals surface area contributed by atoms with Crippen LogP contribution in [-0.4, -0.2) is 6.61 Å². The van der Waals surface area contributed by atoms with E-state index in [0.717, 1.165) is 15.3 Å². The molecule has 0 spiro atoms. The molecule has 0 amide bonds. The molecule has 25 heavy (non-hydrogen) atoms. The molecule has 0 saturated carbocycles. The highest BCUT2D eigenvalue weighted by Crippen LogP contribution is 2.37. The predicted octanol–water partition coefficient (Wildman–Crippen LogP) is 5.71. The maximum atomic E-state index is 13.9. The van der Waals surface area contributed by atoms with Crippen molar-refractivity contribution in [1.29, 1.82) is 0 Å². The summed E-state index contributed by atoms with van der Waals surface area (Å²) in [5, 5.41) is 3.86. The molecule has 2 unspecified atom stereocenters. The van der Waals surface area contributed by atoms with Gasteiger partial charge in [-0.15, -0.1) is 11.3 Å². The van der Waals surface area contributed by atoms with Crippen LogP contribution in [0.4, 0.5) is 8.78 Å². The van der Waals surface area contributed by atoms with Gasteiger partial charge in [0.2, 0.25) is 0 Å². The molecule has 2 heterocycles. The maximum Gasteiger partial charge on any atom is 0.140 e. The number of thiophene rings is 1. The van der Waals surface area contributed by atoms with E-state index in [1.807, 2.05) is 36.4 Å². The Kier molecular flexibility index (Phi) is 4.56. The Bertz CT molecular complexity index is 876. The highest BCUT2D eigenvalue weighted by Gasteiger charge is 2.31. The minimum absolute atomic E-state index is 0.0699. The standard InChI is InChI=1S/C19H14ClF2NOS/c20-12-6-4-11(5-7-12)16-8-9-17(25-16)15-10-24-19(23-15)18-13(21)2-1-3-14(18)22/h1-9,15,19,23H,10H2. The van der Waals surface area contributed by atoms with E-state index in [1.165, 1.54) is 18.2 Å². The first-order chi connectivity index (χ1) is 12.1. The highest BCUT2D eigenvalue weighted by atomic mass is 35.5. The van der Waals surface area contributed by atoms with Crippen LogP contribution in [0.15, 0.2) is 54.6 Å². The first-order valence-corrected chi connectivity index (χ1v) is 8.98. The number of nitrogens with one attached hydrogen (secondary N) is 1. The molecule has 1 aliphatic heterocycles. The van der Waals surface area contributed by atoms with E-state index in [4.69, 9.17) is 16.3 Å². The molecule has 0 bridgehead atoms. The lowest BCUT2D eigenvalue weighted by molar-refractivity contribution is 0.0945. The Morgan fingerprint density at radius 3 is 2.44 bits per heavy atom. The van der Waals surface area contributed by atoms with E-state index in [0.29, 0.717) is 11.6 Å². The molecule has 4 rings (SSSR count). The summed E-state index contributed by atoms with van der Waals surface area (Å²) < 4.78 is 33.4. The topological polar surface area (TPSA) is 21.3 Å². The Morgan fingerprint density at radius 1 is 1.00 bits per heavy atom. The highest BCUT2D eigenvalue weighted by molar-refractivity contribution is 7.15. The van der Waals surface area contributed by atoms with Crippen molar-refractivity contribution in [2.24, 2.45) is 0 Å². The molecular weight excluding hydrogens is 364 g/mol. The zero-order chi connectivity index (χ0) is 17.4. The number of rotatable bonds is 3. The van der Waals surface area contributed by atoms with Gasteiger partial charge in [-0.3, -0.25) is 5.32 Å². The van der Waals surface area contributed by atoms with Gasteiger partial charge in [0.1, 0.15) is 17.9 Å². The number of halogens is 3. The van der Waals surface area contributed by atoms with Gasteiger partial charge in [0.05, 0.1) is 18.2 Å². The van der Waals surface area contributed by atoms with Crippen molar-refractivity contribution in [3.8, 4) is 10.4 Å². The number of ether oxygens (including phenoxy) is 1. The fraction of sp³-hybridized carbons (Fsp3) is 0.158. The van der Waals surface area contributed by atoms with E-state index < -0.39 is 17.9 Å². The van der Waals surface area contributed by atoms with Crippen LogP contribution >= 0.6 is 22.9 Å². The summed E-state index contributed by atoms with van der Waals surface area (Å²) in [4.78, 5) is 2.16. The van der Waals surface area contributed by atoms with Gasteiger partial charge in [0.15, 0.2) is 0 Å². The van der Waals surface area contributed by atoms with Gasteiger partial charge in [0, 0.05) is 14.8 Å². The zero-order valence-corrected chi connectivity index (χ0v) is 14.6. The molecule has 2 atom stereocenters. The summed E-state index contributed by atoms with van der Waals surface area (Å²) in [6, 6.07) is 15.4. The van der Waals surface area contributed by atoms with E-state index in [2.05, 4.69) is 5.32 Å². The smallest absolute Gasteiger partial charge is 0.140 e. The molecule has 1 N–H and O–H groups in total. The van der Waals surface area contributed by atoms with Crippen molar-refractivity contribution in [2.45, 2.75) is 12.3 Å². The van der Waals surface area contributed by atoms with E-state index >= 15 is 0 Å². The molecule has 1 saturated heterocycles. The Balaban J connectivity index is 1.54. The minimum atomic E-state index is -0.785. The fourth-order valence-electron chi connectivity index (χ4n) is 2.87. The second-order valence-electron chi connectivity index (χ2n) is 5.78. The van der Waals surface area contributed by atoms with Crippen LogP contribution in [0, 0.1) is 11.6 Å². The average molecular weight is 378 g/mol. The van der Waals surface area contributed by atoms with Crippen LogP contribution < -0.4 is 5.32 Å². The second-order valence-corrected chi connectivity index (χ2v) is 7.33. The van der Waals surface area contributed by atoms with Crippen LogP contribution in [0.5, 0.6) is 0 Å². The molecule has 0 aliphatic carbocycles. The maximum absolute atomic E-state index is 13.9. The third-order valence-electron chi connectivity index (χ3n) is 4.14. The van der Waals surface area contributed by atoms with Crippen LogP contribution in [0.2, 0.25) is 5.02 Å². The largest absolute Gasteiger partial charge is 0.357 e. The lowest BCUT2D eigenvalue weighted by Crippen LogP contribution is -2.19. The summed E-state index contributed by atoms with van der Waals surface area (Å²) in [6.07, 6.45) is -0.785. The average Bonchev–Trinajstić information content (AvgIpc) is 3.24. The second kappa shape index (κ2) is 6.84. The number of hydrogen-bond donors (Lipinski definition) is 1. The van der Waals surface area contributed by atoms with Crippen molar-refractivity contribution >= 4 is 22.9 Å². The van der Waals surface area contributed by atoms with Gasteiger partial charge in [-0.25, -0.2) is 8.78 Å². The lowest BCUT2D eigenvalue weighted by Gasteiger charge is -2.13. The lowest BCUT2D eigenvalue weighted by atomic mass is 10.1. The number of benzene rings is 2. The first-order valence-electron chi connectivity index (χ1n) is 7.79. The monoisotopic (exact) mass is 377 g/mol. The summed E-state index contributed by atoms with van der Waals surface area (Å²) >= 11 is 7.54. The summed E-state index contributed by atoms with van der Waals surface area (Å²) in [5.74, 6) is -1.21. The van der Waals surface area contributed by atoms with Gasteiger partial charge >= 0.3 is 0 Å². The first kappa shape index (κ1) is 16.7. The summed E-state index contributed by atoms with van der Waals surface area (Å²) in [7, 11) is 0. The molecule has 0 radical (unpaired) electrons. The van der Waals surface area contributed by atoms with E-state index in [1.54, 1.807) is 11.3 Å². The third kappa shape index (κ3) is 3.33. The molecule has 1 aromatic heterocycles. The van der Waals surface area contributed by atoms with Crippen LogP contribution in [0.1, 0.15) is 22.7 Å². The Labute approximate surface area is 153 Å². The van der Waals surface area contributed by atoms with Gasteiger partial charge in [0.25, 0.3) is 0 Å². The van der Waals surface area contributed by atoms with Gasteiger partial charge < -0.3 is 4.74 Å². The van der Waals surface area contributed by atoms with E-state index in [-0.39, 0.29) is 11.6 Å². The molecule has 1 fully saturated rings. The molecule has 1 aliphatic rings. The van der Waals surface area contributed by atoms with Gasteiger partial charge in [-0.05, 0) is 42.0 Å². The van der Waals surface area contributed by atoms with Crippen molar-refractivity contribution in [3.63, 3.8) is 0 Å². The Hall–Kier alpha value is -1.79. The predicted molar refractivity (Wildman–Crippen MR) is 95.7 cm³/mol. The van der Waals surface area contributed by atoms with E-state index in [9.17, 15) is 8.78 Å². The number of hydrogen-bond acceptors (Lipinski definition) is 3. The normalized spacial score (nSPS) is 20.1. The fourth-order valence-corrected chi connectivity index (χ4v) is 4.06. The summed E-state index contributed by atoms with van der Waals surface area (Å²) in [6.45, 7) is 0.360. The van der Waals surface area contributed by atoms with Crippen molar-refractivity contribution in [2.75, 3.05) is 6.61 Å². The molecule has 2 nitrogen and oxygen atoms in total. The zero-order valence-electron chi connectivity index (χ0n) is 13.0. The Morgan fingerprint density at radius 2 is 1.72 bits per heavy atom. The third-order valence-corrected chi connectivity index (χ3v) is 5.64. The molecule has 2 aromatic carbocycles. The molecule has 128 valence electrons. The van der Waals surface area contributed by atoms with Crippen molar-refractivity contribution in [3.05, 3.63) is 81.7 Å². The van der Waals surface area contributed by atoms with Crippen LogP contribution in [0.25, 0.3) is 10.4 Å². The minimum Gasteiger partial charge on any atom is -0.357 e. The summed E-state index contributed by atoms with van der Waals surface area (Å²) in [5.41, 5.74) is 1.01. The van der Waals surface area contributed by atoms with Gasteiger partial charge in [-0.1, -0.05) is 29.8 Å².